The number of hydrogen-bond donors (Lipinski definition) is 0. The van der Waals surface area contributed by atoms with Crippen LogP contribution in [0, 0.1) is 0 Å². The number of hydrogen-bond acceptors (Lipinski definition) is 2. The third-order valence-corrected chi connectivity index (χ3v) is 2.90. The Morgan fingerprint density at radius 3 is 2.25 bits per heavy atom. The molecule has 16 heavy (non-hydrogen) atoms. The summed E-state index contributed by atoms with van der Waals surface area (Å²) in [6.07, 6.45) is -4.76. The molecule has 0 fully saturated rings. The molecule has 0 aliphatic carbocycles. The van der Waals surface area contributed by atoms with E-state index in [1.807, 2.05) is 0 Å². The molecule has 0 aliphatic heterocycles. The number of benzene rings is 1. The lowest BCUT2D eigenvalue weighted by Gasteiger charge is -2.12. The van der Waals surface area contributed by atoms with Crippen molar-refractivity contribution in [2.24, 2.45) is 0 Å². The number of ether oxygens (including phenoxy) is 1. The molecule has 0 amide bonds. The van der Waals surface area contributed by atoms with Crippen LogP contribution in [-0.2, 0) is 0 Å². The van der Waals surface area contributed by atoms with Gasteiger partial charge < -0.3 is 4.74 Å². The molecule has 0 saturated carbocycles. The molecule has 0 spiro atoms. The molecule has 0 bridgehead atoms. The molecule has 0 radical (unpaired) electrons. The minimum atomic E-state index is -4.76. The van der Waals surface area contributed by atoms with Gasteiger partial charge in [-0.05, 0) is 50.9 Å². The Morgan fingerprint density at radius 1 is 1.25 bits per heavy atom. The second-order valence-electron chi connectivity index (χ2n) is 2.87. The van der Waals surface area contributed by atoms with Gasteiger partial charge >= 0.3 is 6.36 Å². The Labute approximate surface area is 106 Å². The minimum absolute atomic E-state index is 0.0678. The SMILES string of the molecule is CC(=O)c1cc(Br)c(OC(F)(F)F)cc1Br. The van der Waals surface area contributed by atoms with Crippen molar-refractivity contribution in [2.45, 2.75) is 13.3 Å². The van der Waals surface area contributed by atoms with E-state index in [4.69, 9.17) is 0 Å². The number of carbonyl (C=O) groups excluding carboxylic acids is 1. The molecular formula is C9H5Br2F3O2. The van der Waals surface area contributed by atoms with E-state index in [1.165, 1.54) is 13.0 Å². The van der Waals surface area contributed by atoms with Crippen molar-refractivity contribution in [3.63, 3.8) is 0 Å². The first-order valence-corrected chi connectivity index (χ1v) is 5.55. The molecular weight excluding hydrogens is 357 g/mol. The number of carbonyl (C=O) groups is 1. The zero-order chi connectivity index (χ0) is 12.5. The number of halogens is 5. The maximum absolute atomic E-state index is 12.0. The van der Waals surface area contributed by atoms with E-state index < -0.39 is 12.1 Å². The first-order chi connectivity index (χ1) is 7.20. The molecule has 88 valence electrons. The molecule has 1 rings (SSSR count). The van der Waals surface area contributed by atoms with Gasteiger partial charge in [-0.3, -0.25) is 4.79 Å². The van der Waals surface area contributed by atoms with Crippen LogP contribution in [0.2, 0.25) is 0 Å². The van der Waals surface area contributed by atoms with Crippen LogP contribution in [0.25, 0.3) is 0 Å². The summed E-state index contributed by atoms with van der Waals surface area (Å²) in [6.45, 7) is 1.32. The molecule has 0 aromatic heterocycles. The lowest BCUT2D eigenvalue weighted by atomic mass is 10.1. The molecule has 0 saturated heterocycles. The van der Waals surface area contributed by atoms with Crippen LogP contribution >= 0.6 is 31.9 Å². The smallest absolute Gasteiger partial charge is 0.405 e. The van der Waals surface area contributed by atoms with Crippen LogP contribution in [0.5, 0.6) is 5.75 Å². The quantitative estimate of drug-likeness (QED) is 0.733. The van der Waals surface area contributed by atoms with Crippen LogP contribution in [0.15, 0.2) is 21.1 Å². The van der Waals surface area contributed by atoms with Gasteiger partial charge in [0.15, 0.2) is 5.78 Å². The summed E-state index contributed by atoms with van der Waals surface area (Å²) in [6, 6.07) is 2.36. The maximum atomic E-state index is 12.0. The van der Waals surface area contributed by atoms with Gasteiger partial charge in [0.1, 0.15) is 5.75 Å². The van der Waals surface area contributed by atoms with E-state index in [1.54, 1.807) is 0 Å². The first kappa shape index (κ1) is 13.5. The maximum Gasteiger partial charge on any atom is 0.573 e. The summed E-state index contributed by atoms with van der Waals surface area (Å²) in [5, 5.41) is 0. The molecule has 0 atom stereocenters. The fraction of sp³-hybridized carbons (Fsp3) is 0.222. The largest absolute Gasteiger partial charge is 0.573 e. The Morgan fingerprint density at radius 2 is 1.81 bits per heavy atom. The highest BCUT2D eigenvalue weighted by molar-refractivity contribution is 9.11. The summed E-state index contributed by atoms with van der Waals surface area (Å²) in [7, 11) is 0. The average Bonchev–Trinajstić information content (AvgIpc) is 2.07. The molecule has 2 nitrogen and oxygen atoms in total. The summed E-state index contributed by atoms with van der Waals surface area (Å²) >= 11 is 5.90. The van der Waals surface area contributed by atoms with E-state index in [0.29, 0.717) is 0 Å². The number of rotatable bonds is 2. The molecule has 0 aliphatic rings. The van der Waals surface area contributed by atoms with Gasteiger partial charge in [0.25, 0.3) is 0 Å². The molecule has 0 N–H and O–H groups in total. The van der Waals surface area contributed by atoms with E-state index in [-0.39, 0.29) is 20.3 Å². The van der Waals surface area contributed by atoms with Crippen LogP contribution in [0.3, 0.4) is 0 Å². The van der Waals surface area contributed by atoms with Gasteiger partial charge in [0, 0.05) is 10.0 Å². The van der Waals surface area contributed by atoms with Crippen LogP contribution in [-0.4, -0.2) is 12.1 Å². The Kier molecular flexibility index (Phi) is 4.01. The van der Waals surface area contributed by atoms with E-state index in [2.05, 4.69) is 36.6 Å². The van der Waals surface area contributed by atoms with Gasteiger partial charge in [-0.15, -0.1) is 13.2 Å². The van der Waals surface area contributed by atoms with Crippen molar-refractivity contribution in [2.75, 3.05) is 0 Å². The predicted octanol–water partition coefficient (Wildman–Crippen LogP) is 4.31. The van der Waals surface area contributed by atoms with Gasteiger partial charge in [-0.1, -0.05) is 0 Å². The van der Waals surface area contributed by atoms with Crippen LogP contribution in [0.4, 0.5) is 13.2 Å². The third-order valence-electron chi connectivity index (χ3n) is 1.63. The Hall–Kier alpha value is -0.560. The van der Waals surface area contributed by atoms with Gasteiger partial charge in [-0.25, -0.2) is 0 Å². The van der Waals surface area contributed by atoms with Crippen LogP contribution < -0.4 is 4.74 Å². The first-order valence-electron chi connectivity index (χ1n) is 3.96. The third kappa shape index (κ3) is 3.48. The van der Waals surface area contributed by atoms with Crippen molar-refractivity contribution in [1.82, 2.24) is 0 Å². The Balaban J connectivity index is 3.16. The highest BCUT2D eigenvalue weighted by Crippen LogP contribution is 2.35. The zero-order valence-electron chi connectivity index (χ0n) is 7.86. The lowest BCUT2D eigenvalue weighted by molar-refractivity contribution is -0.274. The topological polar surface area (TPSA) is 26.3 Å². The summed E-state index contributed by atoms with van der Waals surface area (Å²) in [4.78, 5) is 11.1. The molecule has 0 unspecified atom stereocenters. The average molecular weight is 362 g/mol. The molecule has 0 heterocycles. The predicted molar refractivity (Wildman–Crippen MR) is 58.5 cm³/mol. The monoisotopic (exact) mass is 360 g/mol. The van der Waals surface area contributed by atoms with E-state index in [9.17, 15) is 18.0 Å². The second-order valence-corrected chi connectivity index (χ2v) is 4.58. The fourth-order valence-corrected chi connectivity index (χ4v) is 2.03. The highest BCUT2D eigenvalue weighted by atomic mass is 79.9. The van der Waals surface area contributed by atoms with Crippen molar-refractivity contribution in [3.8, 4) is 5.75 Å². The lowest BCUT2D eigenvalue weighted by Crippen LogP contribution is -2.17. The number of Topliss-reactive ketones (excluding diaryl/α,β-unsaturated/α-hetero) is 1. The van der Waals surface area contributed by atoms with Crippen molar-refractivity contribution >= 4 is 37.6 Å². The van der Waals surface area contributed by atoms with Gasteiger partial charge in [-0.2, -0.15) is 0 Å². The van der Waals surface area contributed by atoms with Crippen molar-refractivity contribution < 1.29 is 22.7 Å². The molecule has 1 aromatic rings. The van der Waals surface area contributed by atoms with Crippen molar-refractivity contribution in [1.29, 1.82) is 0 Å². The van der Waals surface area contributed by atoms with Gasteiger partial charge in [0.05, 0.1) is 4.47 Å². The molecule has 1 aromatic carbocycles. The Bertz CT molecular complexity index is 429. The van der Waals surface area contributed by atoms with E-state index >= 15 is 0 Å². The normalized spacial score (nSPS) is 11.4. The summed E-state index contributed by atoms with van der Waals surface area (Å²) in [5.74, 6) is -0.657. The molecule has 7 heteroatoms. The summed E-state index contributed by atoms with van der Waals surface area (Å²) in [5.41, 5.74) is 0.279. The fourth-order valence-electron chi connectivity index (χ4n) is 1.00. The van der Waals surface area contributed by atoms with Crippen LogP contribution in [0.1, 0.15) is 17.3 Å². The number of alkyl halides is 3. The zero-order valence-corrected chi connectivity index (χ0v) is 11.0. The standard InChI is InChI=1S/C9H5Br2F3O2/c1-4(15)5-2-7(11)8(3-6(5)10)16-9(12,13)14/h2-3H,1H3. The van der Waals surface area contributed by atoms with Gasteiger partial charge in [0.2, 0.25) is 0 Å². The number of ketones is 1. The van der Waals surface area contributed by atoms with E-state index in [0.717, 1.165) is 6.07 Å². The second kappa shape index (κ2) is 4.75. The minimum Gasteiger partial charge on any atom is -0.405 e. The summed E-state index contributed by atoms with van der Waals surface area (Å²) < 4.78 is 40.0. The highest BCUT2D eigenvalue weighted by Gasteiger charge is 2.32. The van der Waals surface area contributed by atoms with Crippen molar-refractivity contribution in [3.05, 3.63) is 26.6 Å².